The number of rotatable bonds is 9. The van der Waals surface area contributed by atoms with Crippen LogP contribution in [0.4, 0.5) is 4.79 Å². The van der Waals surface area contributed by atoms with Crippen molar-refractivity contribution >= 4 is 34.8 Å². The number of aromatic hydroxyl groups is 1. The first-order valence-electron chi connectivity index (χ1n) is 18.0. The van der Waals surface area contributed by atoms with E-state index in [2.05, 4.69) is 20.4 Å². The van der Waals surface area contributed by atoms with E-state index in [1.165, 1.54) is 0 Å². The molecule has 3 unspecified atom stereocenters. The molecule has 0 aliphatic carbocycles. The number of phenolic OH excluding ortho intramolecular Hbond substituents is 1. The maximum atomic E-state index is 14.8. The molecule has 2 fully saturated rings. The van der Waals surface area contributed by atoms with Crippen molar-refractivity contribution in [3.8, 4) is 17.0 Å². The van der Waals surface area contributed by atoms with Crippen molar-refractivity contribution in [2.45, 2.75) is 31.8 Å². The third-order valence-corrected chi connectivity index (χ3v) is 10.4. The molecule has 55 heavy (non-hydrogen) atoms. The van der Waals surface area contributed by atoms with Crippen LogP contribution in [0.25, 0.3) is 28.2 Å². The summed E-state index contributed by atoms with van der Waals surface area (Å²) in [6.07, 6.45) is 7.70. The minimum Gasteiger partial charge on any atom is -0.508 e. The number of benzene rings is 3. The molecule has 2 saturated heterocycles. The second kappa shape index (κ2) is 15.0. The molecule has 3 aromatic carbocycles. The van der Waals surface area contributed by atoms with E-state index in [1.807, 2.05) is 72.8 Å². The topological polar surface area (TPSA) is 145 Å². The third-order valence-electron chi connectivity index (χ3n) is 10.4. The number of carbonyl (C=O) groups is 3. The van der Waals surface area contributed by atoms with Gasteiger partial charge in [-0.2, -0.15) is 0 Å². The fourth-order valence-electron chi connectivity index (χ4n) is 7.40. The molecule has 4 amide bonds. The summed E-state index contributed by atoms with van der Waals surface area (Å²) in [6, 6.07) is 29.9. The van der Waals surface area contributed by atoms with E-state index in [1.54, 1.807) is 82.9 Å². The molecule has 3 atom stereocenters. The molecule has 0 radical (unpaired) electrons. The van der Waals surface area contributed by atoms with Crippen LogP contribution in [0.5, 0.6) is 5.75 Å². The van der Waals surface area contributed by atoms with Crippen molar-refractivity contribution in [3.63, 3.8) is 0 Å². The Balaban J connectivity index is 1.20. The predicted octanol–water partition coefficient (Wildman–Crippen LogP) is 5.36. The van der Waals surface area contributed by atoms with Crippen LogP contribution in [0.2, 0.25) is 0 Å². The standard InChI is InChI=1S/C42H38N8O5/c1-50(42(54)45-24-30-7-3-2-4-8-30)39-27-47(25-32-9-5-11-36-35(32)10-6-20-44-36)41(53)38(17-14-29-12-15-33(51)16-13-29)49(39)40(52)28-48(50)26-34-23-37(46-55-34)31-18-21-43-22-19-31/h2-23,38-39H,24-28H2,1H3,(H-,45,51,54)/p+1/b17-14+. The molecule has 13 nitrogen and oxygen atoms in total. The van der Waals surface area contributed by atoms with Gasteiger partial charge < -0.3 is 14.5 Å². The van der Waals surface area contributed by atoms with Crippen LogP contribution in [0.1, 0.15) is 22.5 Å². The first-order valence-corrected chi connectivity index (χ1v) is 18.0. The number of carbonyl (C=O) groups excluding carboxylic acids is 3. The van der Waals surface area contributed by atoms with Gasteiger partial charge in [0.2, 0.25) is 18.0 Å². The van der Waals surface area contributed by atoms with E-state index >= 15 is 0 Å². The van der Waals surface area contributed by atoms with Crippen molar-refractivity contribution in [1.29, 1.82) is 0 Å². The number of phenols is 1. The van der Waals surface area contributed by atoms with Gasteiger partial charge in [-0.3, -0.25) is 29.8 Å². The zero-order valence-corrected chi connectivity index (χ0v) is 30.1. The van der Waals surface area contributed by atoms with Gasteiger partial charge in [0.1, 0.15) is 30.6 Å². The highest BCUT2D eigenvalue weighted by Gasteiger charge is 2.60. The first kappa shape index (κ1) is 35.3. The van der Waals surface area contributed by atoms with Gasteiger partial charge in [0, 0.05) is 48.7 Å². The number of aromatic nitrogens is 3. The zero-order chi connectivity index (χ0) is 37.9. The zero-order valence-electron chi connectivity index (χ0n) is 30.1. The van der Waals surface area contributed by atoms with Gasteiger partial charge in [-0.25, -0.2) is 4.79 Å². The molecule has 2 aliphatic heterocycles. The van der Waals surface area contributed by atoms with E-state index < -0.39 is 12.2 Å². The Kier molecular flexibility index (Phi) is 9.62. The number of nitrogens with one attached hydrogen (secondary N) is 1. The largest absolute Gasteiger partial charge is 0.508 e. The van der Waals surface area contributed by atoms with Crippen molar-refractivity contribution in [1.82, 2.24) is 35.3 Å². The number of urea groups is 1. The predicted molar refractivity (Wildman–Crippen MR) is 204 cm³/mol. The minimum atomic E-state index is -1.03. The molecule has 0 bridgehead atoms. The fraction of sp³-hybridized carbons (Fsp3) is 0.190. The van der Waals surface area contributed by atoms with Gasteiger partial charge in [0.25, 0.3) is 0 Å². The van der Waals surface area contributed by atoms with Crippen molar-refractivity contribution in [2.75, 3.05) is 20.1 Å². The maximum Gasteiger partial charge on any atom is 0.438 e. The Morgan fingerprint density at radius 3 is 2.55 bits per heavy atom. The van der Waals surface area contributed by atoms with Crippen LogP contribution in [-0.4, -0.2) is 89.8 Å². The SMILES string of the molecule is C[N+]1(C(=O)NCc2ccccc2)C2CN(Cc3cccc4ncccc34)C(=O)C(/C=C/c3ccc(O)cc3)N2C(=O)CN1Cc1cc(-c2ccncc2)no1. The number of hydrogen-bond donors (Lipinski definition) is 2. The Morgan fingerprint density at radius 1 is 0.945 bits per heavy atom. The molecule has 6 aromatic rings. The molecule has 3 aromatic heterocycles. The lowest BCUT2D eigenvalue weighted by molar-refractivity contribution is -0.985. The summed E-state index contributed by atoms with van der Waals surface area (Å²) in [5.74, 6) is -0.0122. The highest BCUT2D eigenvalue weighted by atomic mass is 16.5. The summed E-state index contributed by atoms with van der Waals surface area (Å²) in [4.78, 5) is 55.7. The summed E-state index contributed by atoms with van der Waals surface area (Å²) in [5.41, 5.74) is 4.75. The molecule has 2 N–H and O–H groups in total. The van der Waals surface area contributed by atoms with Gasteiger partial charge in [0.15, 0.2) is 5.76 Å². The second-order valence-corrected chi connectivity index (χ2v) is 13.8. The molecule has 2 aliphatic rings. The van der Waals surface area contributed by atoms with Crippen LogP contribution in [0.3, 0.4) is 0 Å². The monoisotopic (exact) mass is 735 g/mol. The lowest BCUT2D eigenvalue weighted by Gasteiger charge is -2.56. The lowest BCUT2D eigenvalue weighted by Crippen LogP contribution is -2.82. The van der Waals surface area contributed by atoms with Crippen LogP contribution >= 0.6 is 0 Å². The van der Waals surface area contributed by atoms with Crippen LogP contribution in [0.15, 0.2) is 132 Å². The Bertz CT molecular complexity index is 2360. The molecule has 0 saturated carbocycles. The number of pyridine rings is 2. The van der Waals surface area contributed by atoms with E-state index in [0.717, 1.165) is 33.2 Å². The van der Waals surface area contributed by atoms with E-state index in [0.29, 0.717) is 11.5 Å². The molecule has 276 valence electrons. The number of amides is 4. The third kappa shape index (κ3) is 7.05. The number of hydrogen-bond acceptors (Lipinski definition) is 9. The number of piperazine rings is 1. The molecular formula is C42H39N8O5+. The number of quaternary nitrogens is 1. The number of nitrogens with zero attached hydrogens (tertiary/aromatic N) is 7. The Morgan fingerprint density at radius 2 is 1.75 bits per heavy atom. The van der Waals surface area contributed by atoms with Crippen LogP contribution in [0, 0.1) is 0 Å². The summed E-state index contributed by atoms with van der Waals surface area (Å²) in [5, 5.41) is 20.0. The molecule has 0 spiro atoms. The van der Waals surface area contributed by atoms with Gasteiger partial charge >= 0.3 is 6.03 Å². The summed E-state index contributed by atoms with van der Waals surface area (Å²) in [6.45, 7) is 0.456. The van der Waals surface area contributed by atoms with Crippen LogP contribution in [-0.2, 0) is 29.2 Å². The lowest BCUT2D eigenvalue weighted by atomic mass is 10.0. The maximum absolute atomic E-state index is 14.8. The quantitative estimate of drug-likeness (QED) is 0.188. The summed E-state index contributed by atoms with van der Waals surface area (Å²) in [7, 11) is 1.78. The van der Waals surface area contributed by atoms with Gasteiger partial charge in [-0.1, -0.05) is 78.0 Å². The Labute approximate surface area is 317 Å². The van der Waals surface area contributed by atoms with Gasteiger partial charge in [-0.15, -0.1) is 9.60 Å². The highest BCUT2D eigenvalue weighted by Crippen LogP contribution is 2.35. The van der Waals surface area contributed by atoms with Crippen LogP contribution < -0.4 is 5.32 Å². The summed E-state index contributed by atoms with van der Waals surface area (Å²) >= 11 is 0. The van der Waals surface area contributed by atoms with E-state index in [4.69, 9.17) is 4.52 Å². The smallest absolute Gasteiger partial charge is 0.438 e. The highest BCUT2D eigenvalue weighted by molar-refractivity contribution is 5.93. The molecule has 5 heterocycles. The minimum absolute atomic E-state index is 0.0647. The fourth-order valence-corrected chi connectivity index (χ4v) is 7.40. The van der Waals surface area contributed by atoms with Gasteiger partial charge in [0.05, 0.1) is 19.1 Å². The second-order valence-electron chi connectivity index (χ2n) is 13.8. The van der Waals surface area contributed by atoms with E-state index in [9.17, 15) is 19.5 Å². The average molecular weight is 736 g/mol. The number of likely N-dealkylation sites (N-methyl/N-ethyl adjacent to an activating group) is 1. The average Bonchev–Trinajstić information content (AvgIpc) is 3.69. The molecule has 13 heteroatoms. The summed E-state index contributed by atoms with van der Waals surface area (Å²) < 4.78 is 5.41. The van der Waals surface area contributed by atoms with Crippen molar-refractivity contribution in [3.05, 3.63) is 150 Å². The molecule has 8 rings (SSSR count). The normalized spacial score (nSPS) is 20.2. The molecular weight excluding hydrogens is 697 g/mol. The van der Waals surface area contributed by atoms with Crippen molar-refractivity contribution in [2.24, 2.45) is 0 Å². The number of fused-ring (bicyclic) bond motifs is 2. The Hall–Kier alpha value is -6.70. The van der Waals surface area contributed by atoms with Crippen molar-refractivity contribution < 1.29 is 28.6 Å². The van der Waals surface area contributed by atoms with Gasteiger partial charge in [-0.05, 0) is 53.1 Å². The first-order chi connectivity index (χ1) is 26.8. The van der Waals surface area contributed by atoms with E-state index in [-0.39, 0.29) is 60.9 Å².